The molecule has 9 nitrogen and oxygen atoms in total. The van der Waals surface area contributed by atoms with Gasteiger partial charge in [-0.25, -0.2) is 4.98 Å². The monoisotopic (exact) mass is 489 g/mol. The van der Waals surface area contributed by atoms with Crippen LogP contribution in [0, 0.1) is 17.8 Å². The molecule has 9 heteroatoms. The van der Waals surface area contributed by atoms with Gasteiger partial charge in [0, 0.05) is 49.3 Å². The van der Waals surface area contributed by atoms with Crippen LogP contribution in [-0.4, -0.2) is 58.0 Å². The van der Waals surface area contributed by atoms with Crippen LogP contribution in [0.1, 0.15) is 49.4 Å². The lowest BCUT2D eigenvalue weighted by atomic mass is 10.00. The maximum absolute atomic E-state index is 11.1. The first-order valence-electron chi connectivity index (χ1n) is 12.4. The van der Waals surface area contributed by atoms with Crippen molar-refractivity contribution in [1.82, 2.24) is 19.6 Å². The highest BCUT2D eigenvalue weighted by Gasteiger charge is 2.30. The van der Waals surface area contributed by atoms with E-state index in [4.69, 9.17) is 19.7 Å². The van der Waals surface area contributed by atoms with Crippen LogP contribution < -0.4 is 5.73 Å². The maximum atomic E-state index is 11.1. The number of carbonyl (C=O) groups is 1. The van der Waals surface area contributed by atoms with Crippen LogP contribution in [0.15, 0.2) is 47.2 Å². The summed E-state index contributed by atoms with van der Waals surface area (Å²) in [6.07, 6.45) is 6.47. The van der Waals surface area contributed by atoms with Gasteiger partial charge in [-0.15, -0.1) is 0 Å². The SMILES string of the molecule is C[C@H](OC1CCCCO1)c1nccn1Cc1cc(-c2ccc(C#CCN3CC(C(N)=O)C3)cc2)on1. The zero-order chi connectivity index (χ0) is 24.9. The molecule has 2 N–H and O–H groups in total. The Morgan fingerprint density at radius 3 is 2.86 bits per heavy atom. The Morgan fingerprint density at radius 1 is 1.28 bits per heavy atom. The van der Waals surface area contributed by atoms with E-state index in [0.29, 0.717) is 31.9 Å². The number of ether oxygens (including phenoxy) is 2. The highest BCUT2D eigenvalue weighted by molar-refractivity contribution is 5.78. The average molecular weight is 490 g/mol. The zero-order valence-corrected chi connectivity index (χ0v) is 20.4. The van der Waals surface area contributed by atoms with Crippen molar-refractivity contribution in [3.8, 4) is 23.2 Å². The molecule has 1 amide bonds. The normalized spacial score (nSPS) is 19.3. The second-order valence-corrected chi connectivity index (χ2v) is 9.34. The fourth-order valence-corrected chi connectivity index (χ4v) is 4.47. The maximum Gasteiger partial charge on any atom is 0.223 e. The molecule has 2 aliphatic rings. The topological polar surface area (TPSA) is 109 Å². The van der Waals surface area contributed by atoms with E-state index in [0.717, 1.165) is 48.5 Å². The van der Waals surface area contributed by atoms with Gasteiger partial charge in [0.25, 0.3) is 0 Å². The molecule has 1 unspecified atom stereocenters. The lowest BCUT2D eigenvalue weighted by Gasteiger charge is -2.35. The van der Waals surface area contributed by atoms with Crippen LogP contribution in [0.3, 0.4) is 0 Å². The van der Waals surface area contributed by atoms with Crippen molar-refractivity contribution in [2.24, 2.45) is 11.7 Å². The molecule has 0 saturated carbocycles. The van der Waals surface area contributed by atoms with E-state index in [1.54, 1.807) is 6.20 Å². The molecule has 2 aromatic heterocycles. The Balaban J connectivity index is 1.16. The molecule has 4 heterocycles. The number of nitrogens with two attached hydrogens (primary N) is 1. The van der Waals surface area contributed by atoms with Crippen molar-refractivity contribution in [2.75, 3.05) is 26.2 Å². The molecular weight excluding hydrogens is 458 g/mol. The quantitative estimate of drug-likeness (QED) is 0.485. The van der Waals surface area contributed by atoms with Crippen molar-refractivity contribution in [1.29, 1.82) is 0 Å². The van der Waals surface area contributed by atoms with Gasteiger partial charge in [0.05, 0.1) is 19.0 Å². The van der Waals surface area contributed by atoms with E-state index < -0.39 is 0 Å². The Labute approximate surface area is 210 Å². The number of carbonyl (C=O) groups excluding carboxylic acids is 1. The number of hydrogen-bond donors (Lipinski definition) is 1. The molecule has 2 saturated heterocycles. The number of aromatic nitrogens is 3. The van der Waals surface area contributed by atoms with Crippen molar-refractivity contribution in [2.45, 2.75) is 45.1 Å². The van der Waals surface area contributed by atoms with E-state index in [1.165, 1.54) is 0 Å². The molecule has 2 atom stereocenters. The van der Waals surface area contributed by atoms with E-state index in [1.807, 2.05) is 48.0 Å². The Morgan fingerprint density at radius 2 is 2.11 bits per heavy atom. The van der Waals surface area contributed by atoms with E-state index in [2.05, 4.69) is 26.9 Å². The molecule has 2 fully saturated rings. The number of likely N-dealkylation sites (tertiary alicyclic amines) is 1. The van der Waals surface area contributed by atoms with E-state index in [9.17, 15) is 4.79 Å². The molecule has 0 bridgehead atoms. The minimum Gasteiger partial charge on any atom is -0.369 e. The first-order valence-corrected chi connectivity index (χ1v) is 12.4. The fourth-order valence-electron chi connectivity index (χ4n) is 4.47. The third-order valence-corrected chi connectivity index (χ3v) is 6.56. The first kappa shape index (κ1) is 24.3. The largest absolute Gasteiger partial charge is 0.369 e. The summed E-state index contributed by atoms with van der Waals surface area (Å²) in [7, 11) is 0. The van der Waals surface area contributed by atoms with Crippen LogP contribution in [-0.2, 0) is 20.8 Å². The van der Waals surface area contributed by atoms with Gasteiger partial charge in [-0.2, -0.15) is 0 Å². The predicted molar refractivity (Wildman–Crippen MR) is 132 cm³/mol. The van der Waals surface area contributed by atoms with E-state index in [-0.39, 0.29) is 24.2 Å². The van der Waals surface area contributed by atoms with Gasteiger partial charge in [-0.1, -0.05) is 17.0 Å². The van der Waals surface area contributed by atoms with Gasteiger partial charge in [0.2, 0.25) is 5.91 Å². The number of nitrogens with zero attached hydrogens (tertiary/aromatic N) is 4. The van der Waals surface area contributed by atoms with Crippen LogP contribution in [0.2, 0.25) is 0 Å². The molecule has 188 valence electrons. The average Bonchev–Trinajstić information content (AvgIpc) is 3.51. The van der Waals surface area contributed by atoms with Crippen LogP contribution in [0.5, 0.6) is 0 Å². The second-order valence-electron chi connectivity index (χ2n) is 9.34. The summed E-state index contributed by atoms with van der Waals surface area (Å²) in [4.78, 5) is 17.7. The van der Waals surface area contributed by atoms with Crippen LogP contribution in [0.4, 0.5) is 0 Å². The molecule has 5 rings (SSSR count). The summed E-state index contributed by atoms with van der Waals surface area (Å²) in [5.41, 5.74) is 7.96. The zero-order valence-electron chi connectivity index (χ0n) is 20.4. The number of benzene rings is 1. The highest BCUT2D eigenvalue weighted by Crippen LogP contribution is 2.25. The summed E-state index contributed by atoms with van der Waals surface area (Å²) >= 11 is 0. The van der Waals surface area contributed by atoms with Gasteiger partial charge in [0.15, 0.2) is 12.1 Å². The van der Waals surface area contributed by atoms with Gasteiger partial charge in [-0.3, -0.25) is 9.69 Å². The molecule has 0 aliphatic carbocycles. The fraction of sp³-hybridized carbons (Fsp3) is 0.444. The molecule has 1 aromatic carbocycles. The number of hydrogen-bond acceptors (Lipinski definition) is 7. The minimum atomic E-state index is -0.232. The molecule has 2 aliphatic heterocycles. The summed E-state index contributed by atoms with van der Waals surface area (Å²) in [5.74, 6) is 7.58. The molecule has 3 aromatic rings. The van der Waals surface area contributed by atoms with Gasteiger partial charge in [-0.05, 0) is 50.5 Å². The highest BCUT2D eigenvalue weighted by atomic mass is 16.7. The van der Waals surface area contributed by atoms with Crippen LogP contribution in [0.25, 0.3) is 11.3 Å². The lowest BCUT2D eigenvalue weighted by molar-refractivity contribution is -0.188. The smallest absolute Gasteiger partial charge is 0.223 e. The molecule has 0 radical (unpaired) electrons. The lowest BCUT2D eigenvalue weighted by Crippen LogP contribution is -2.52. The minimum absolute atomic E-state index is 0.0360. The third kappa shape index (κ3) is 5.85. The van der Waals surface area contributed by atoms with Gasteiger partial charge < -0.3 is 24.3 Å². The third-order valence-electron chi connectivity index (χ3n) is 6.56. The second kappa shape index (κ2) is 11.1. The number of amides is 1. The molecular formula is C27H31N5O4. The Bertz CT molecular complexity index is 1230. The summed E-state index contributed by atoms with van der Waals surface area (Å²) < 4.78 is 19.4. The molecule has 0 spiro atoms. The van der Waals surface area contributed by atoms with E-state index >= 15 is 0 Å². The standard InChI is InChI=1S/C27H31N5O4/c1-19(35-25-6-2-3-14-34-25)27-29-11-13-32(27)18-23-15-24(36-30-23)21-9-7-20(8-10-21)5-4-12-31-16-22(17-31)26(28)33/h7-11,13,15,19,22,25H,2-3,6,12,14,16-18H2,1H3,(H2,28,33)/t19-,25?/m0/s1. The van der Waals surface area contributed by atoms with Crippen molar-refractivity contribution >= 4 is 5.91 Å². The van der Waals surface area contributed by atoms with Crippen molar-refractivity contribution in [3.05, 3.63) is 59.8 Å². The molecule has 36 heavy (non-hydrogen) atoms. The summed E-state index contributed by atoms with van der Waals surface area (Å²) in [5, 5.41) is 4.25. The number of primary amides is 1. The number of imidazole rings is 1. The van der Waals surface area contributed by atoms with Gasteiger partial charge in [0.1, 0.15) is 17.6 Å². The van der Waals surface area contributed by atoms with Crippen molar-refractivity contribution < 1.29 is 18.8 Å². The number of rotatable bonds is 8. The Kier molecular flexibility index (Phi) is 7.47. The summed E-state index contributed by atoms with van der Waals surface area (Å²) in [6, 6.07) is 9.83. The van der Waals surface area contributed by atoms with Crippen LogP contribution >= 0.6 is 0 Å². The van der Waals surface area contributed by atoms with Gasteiger partial charge >= 0.3 is 0 Å². The predicted octanol–water partition coefficient (Wildman–Crippen LogP) is 2.96. The summed E-state index contributed by atoms with van der Waals surface area (Å²) in [6.45, 7) is 5.30. The first-order chi connectivity index (χ1) is 17.5. The van der Waals surface area contributed by atoms with Crippen molar-refractivity contribution in [3.63, 3.8) is 0 Å². The Hall–Kier alpha value is -3.45.